The van der Waals surface area contributed by atoms with E-state index in [0.717, 1.165) is 18.2 Å². The van der Waals surface area contributed by atoms with E-state index in [-0.39, 0.29) is 5.69 Å². The third kappa shape index (κ3) is 3.58. The highest BCUT2D eigenvalue weighted by molar-refractivity contribution is 6.29. The van der Waals surface area contributed by atoms with Gasteiger partial charge in [0, 0.05) is 6.07 Å². The molecule has 11 heteroatoms. The molecule has 2 rings (SSSR count). The van der Waals surface area contributed by atoms with Crippen molar-refractivity contribution >= 4 is 28.8 Å². The van der Waals surface area contributed by atoms with Gasteiger partial charge in [0.15, 0.2) is 0 Å². The lowest BCUT2D eigenvalue weighted by Crippen LogP contribution is -2.12. The minimum atomic E-state index is -4.84. The van der Waals surface area contributed by atoms with Gasteiger partial charge < -0.3 is 5.32 Å². The summed E-state index contributed by atoms with van der Waals surface area (Å²) >= 11 is 5.46. The number of halogens is 5. The highest BCUT2D eigenvalue weighted by Gasteiger charge is 2.35. The molecular weight excluding hydrogens is 332 g/mol. The molecule has 116 valence electrons. The molecule has 0 bridgehead atoms. The first-order valence-electron chi connectivity index (χ1n) is 5.49. The summed E-state index contributed by atoms with van der Waals surface area (Å²) in [5.41, 5.74) is -0.905. The molecule has 0 aliphatic carbocycles. The van der Waals surface area contributed by atoms with Gasteiger partial charge in [0.25, 0.3) is 5.69 Å². The quantitative estimate of drug-likeness (QED) is 0.397. The first-order chi connectivity index (χ1) is 10.2. The van der Waals surface area contributed by atoms with Crippen LogP contribution in [0.2, 0.25) is 5.15 Å². The van der Waals surface area contributed by atoms with Crippen LogP contribution in [-0.4, -0.2) is 14.9 Å². The Morgan fingerprint density at radius 1 is 1.23 bits per heavy atom. The molecule has 0 saturated heterocycles. The van der Waals surface area contributed by atoms with Gasteiger partial charge in [0.05, 0.1) is 11.0 Å². The van der Waals surface area contributed by atoms with Gasteiger partial charge in [0.1, 0.15) is 22.5 Å². The van der Waals surface area contributed by atoms with E-state index in [9.17, 15) is 27.7 Å². The fourth-order valence-corrected chi connectivity index (χ4v) is 1.69. The van der Waals surface area contributed by atoms with Crippen LogP contribution < -0.4 is 5.32 Å². The van der Waals surface area contributed by atoms with Crippen molar-refractivity contribution in [3.63, 3.8) is 0 Å². The number of hydrogen-bond acceptors (Lipinski definition) is 5. The van der Waals surface area contributed by atoms with Crippen molar-refractivity contribution in [3.8, 4) is 0 Å². The minimum Gasteiger partial charge on any atom is -0.334 e. The fraction of sp³-hybridized carbons (Fsp3) is 0.0909. The van der Waals surface area contributed by atoms with Gasteiger partial charge in [0.2, 0.25) is 5.82 Å². The summed E-state index contributed by atoms with van der Waals surface area (Å²) in [4.78, 5) is 16.1. The number of alkyl halides is 3. The largest absolute Gasteiger partial charge is 0.451 e. The first kappa shape index (κ1) is 15.9. The summed E-state index contributed by atoms with van der Waals surface area (Å²) in [6.45, 7) is 0. The Kier molecular flexibility index (Phi) is 4.13. The molecule has 1 heterocycles. The van der Waals surface area contributed by atoms with Crippen molar-refractivity contribution in [2.75, 3.05) is 5.32 Å². The number of nitrogens with one attached hydrogen (secondary N) is 1. The molecule has 1 aromatic carbocycles. The van der Waals surface area contributed by atoms with Crippen molar-refractivity contribution in [3.05, 3.63) is 51.2 Å². The zero-order valence-electron chi connectivity index (χ0n) is 10.4. The normalized spacial score (nSPS) is 11.3. The minimum absolute atomic E-state index is 0.241. The summed E-state index contributed by atoms with van der Waals surface area (Å²) < 4.78 is 50.7. The lowest BCUT2D eigenvalue weighted by Gasteiger charge is -2.10. The van der Waals surface area contributed by atoms with E-state index in [4.69, 9.17) is 11.6 Å². The van der Waals surface area contributed by atoms with E-state index < -0.39 is 39.4 Å². The molecule has 0 radical (unpaired) electrons. The van der Waals surface area contributed by atoms with Crippen LogP contribution in [0.15, 0.2) is 24.3 Å². The monoisotopic (exact) mass is 336 g/mol. The Bertz CT molecular complexity index is 739. The van der Waals surface area contributed by atoms with Crippen molar-refractivity contribution in [2.45, 2.75) is 6.18 Å². The summed E-state index contributed by atoms with van der Waals surface area (Å²) in [5.74, 6) is -2.79. The molecule has 6 nitrogen and oxygen atoms in total. The predicted molar refractivity (Wildman–Crippen MR) is 68.4 cm³/mol. The van der Waals surface area contributed by atoms with E-state index in [1.165, 1.54) is 0 Å². The molecule has 0 spiro atoms. The lowest BCUT2D eigenvalue weighted by molar-refractivity contribution is -0.384. The highest BCUT2D eigenvalue weighted by atomic mass is 35.5. The Morgan fingerprint density at radius 3 is 2.50 bits per heavy atom. The standard InChI is InChI=1S/C11H5ClF4N4O2/c12-8-4-9(19-10(18-8)11(14,15)16)17-6-2-1-5(13)3-7(6)20(21)22/h1-4H,(H,17,18,19). The zero-order chi connectivity index (χ0) is 16.5. The van der Waals surface area contributed by atoms with Crippen LogP contribution >= 0.6 is 11.6 Å². The van der Waals surface area contributed by atoms with Crippen molar-refractivity contribution in [1.82, 2.24) is 9.97 Å². The number of aromatic nitrogens is 2. The molecule has 2 aromatic rings. The molecule has 0 aliphatic heterocycles. The topological polar surface area (TPSA) is 81.0 Å². The van der Waals surface area contributed by atoms with Gasteiger partial charge in [-0.1, -0.05) is 11.6 Å². The first-order valence-corrected chi connectivity index (χ1v) is 5.87. The zero-order valence-corrected chi connectivity index (χ0v) is 11.1. The third-order valence-electron chi connectivity index (χ3n) is 2.37. The van der Waals surface area contributed by atoms with E-state index in [1.54, 1.807) is 0 Å². The molecule has 1 N–H and O–H groups in total. The number of anilines is 2. The van der Waals surface area contributed by atoms with E-state index in [0.29, 0.717) is 6.07 Å². The van der Waals surface area contributed by atoms with Crippen LogP contribution in [0.1, 0.15) is 5.82 Å². The SMILES string of the molecule is O=[N+]([O-])c1cc(F)ccc1Nc1cc(Cl)nc(C(F)(F)F)n1. The molecular formula is C11H5ClF4N4O2. The van der Waals surface area contributed by atoms with Gasteiger partial charge in [-0.05, 0) is 12.1 Å². The van der Waals surface area contributed by atoms with E-state index in [1.807, 2.05) is 0 Å². The molecule has 0 saturated carbocycles. The molecule has 0 amide bonds. The molecule has 1 aromatic heterocycles. The number of benzene rings is 1. The maximum Gasteiger partial charge on any atom is 0.451 e. The predicted octanol–water partition coefficient (Wildman–Crippen LogP) is 3.94. The summed E-state index contributed by atoms with van der Waals surface area (Å²) in [6, 6.07) is 3.47. The number of rotatable bonds is 3. The van der Waals surface area contributed by atoms with Gasteiger partial charge >= 0.3 is 6.18 Å². The van der Waals surface area contributed by atoms with Gasteiger partial charge in [-0.2, -0.15) is 13.2 Å². The summed E-state index contributed by atoms with van der Waals surface area (Å²) in [7, 11) is 0. The maximum absolute atomic E-state index is 13.0. The van der Waals surface area contributed by atoms with Crippen LogP contribution in [-0.2, 0) is 6.18 Å². The van der Waals surface area contributed by atoms with Crippen molar-refractivity contribution in [2.24, 2.45) is 0 Å². The number of nitro groups is 1. The van der Waals surface area contributed by atoms with E-state index in [2.05, 4.69) is 15.3 Å². The number of hydrogen-bond donors (Lipinski definition) is 1. The Hall–Kier alpha value is -2.49. The molecule has 0 unspecified atom stereocenters. The summed E-state index contributed by atoms with van der Waals surface area (Å²) in [5, 5.41) is 12.6. The second-order valence-electron chi connectivity index (χ2n) is 3.94. The van der Waals surface area contributed by atoms with Crippen molar-refractivity contribution < 1.29 is 22.5 Å². The second kappa shape index (κ2) is 5.72. The highest BCUT2D eigenvalue weighted by Crippen LogP contribution is 2.31. The summed E-state index contributed by atoms with van der Waals surface area (Å²) in [6.07, 6.45) is -4.84. The molecule has 0 aliphatic rings. The van der Waals surface area contributed by atoms with Crippen LogP contribution in [0.25, 0.3) is 0 Å². The number of nitrogens with zero attached hydrogens (tertiary/aromatic N) is 3. The fourth-order valence-electron chi connectivity index (χ4n) is 1.51. The molecule has 22 heavy (non-hydrogen) atoms. The third-order valence-corrected chi connectivity index (χ3v) is 2.56. The Labute approximate surface area is 124 Å². The Morgan fingerprint density at radius 2 is 1.91 bits per heavy atom. The van der Waals surface area contributed by atoms with Crippen LogP contribution in [0.4, 0.5) is 34.8 Å². The average molecular weight is 337 g/mol. The molecule has 0 atom stereocenters. The maximum atomic E-state index is 13.0. The van der Waals surface area contributed by atoms with Crippen LogP contribution in [0.5, 0.6) is 0 Å². The average Bonchev–Trinajstić information content (AvgIpc) is 2.39. The van der Waals surface area contributed by atoms with Gasteiger partial charge in [-0.15, -0.1) is 0 Å². The smallest absolute Gasteiger partial charge is 0.334 e. The second-order valence-corrected chi connectivity index (χ2v) is 4.33. The Balaban J connectivity index is 2.44. The van der Waals surface area contributed by atoms with Crippen LogP contribution in [0.3, 0.4) is 0 Å². The van der Waals surface area contributed by atoms with Crippen molar-refractivity contribution in [1.29, 1.82) is 0 Å². The lowest BCUT2D eigenvalue weighted by atomic mass is 10.2. The number of nitro benzene ring substituents is 1. The van der Waals surface area contributed by atoms with E-state index >= 15 is 0 Å². The van der Waals surface area contributed by atoms with Gasteiger partial charge in [-0.25, -0.2) is 14.4 Å². The molecule has 0 fully saturated rings. The van der Waals surface area contributed by atoms with Gasteiger partial charge in [-0.3, -0.25) is 10.1 Å². The van der Waals surface area contributed by atoms with Crippen LogP contribution in [0, 0.1) is 15.9 Å².